The number of hydrogen-bond donors (Lipinski definition) is 2. The van der Waals surface area contributed by atoms with Crippen LogP contribution in [0, 0.1) is 5.92 Å². The molecule has 1 aliphatic carbocycles. The lowest BCUT2D eigenvalue weighted by Crippen LogP contribution is -2.45. The Hall–Kier alpha value is -1.06. The van der Waals surface area contributed by atoms with E-state index in [-0.39, 0.29) is 18.6 Å². The van der Waals surface area contributed by atoms with Gasteiger partial charge in [-0.1, -0.05) is 32.9 Å². The summed E-state index contributed by atoms with van der Waals surface area (Å²) in [5, 5.41) is 10.4. The van der Waals surface area contributed by atoms with E-state index in [9.17, 15) is 5.11 Å². The molecule has 20 heavy (non-hydrogen) atoms. The van der Waals surface area contributed by atoms with Crippen molar-refractivity contribution < 1.29 is 9.84 Å². The molecule has 3 heteroatoms. The lowest BCUT2D eigenvalue weighted by atomic mass is 9.82. The van der Waals surface area contributed by atoms with Crippen molar-refractivity contribution in [3.8, 4) is 5.75 Å². The van der Waals surface area contributed by atoms with E-state index in [1.807, 2.05) is 12.1 Å². The summed E-state index contributed by atoms with van der Waals surface area (Å²) in [6.07, 6.45) is 3.21. The molecule has 0 radical (unpaired) electrons. The highest BCUT2D eigenvalue weighted by molar-refractivity contribution is 5.31. The monoisotopic (exact) mass is 277 g/mol. The zero-order chi connectivity index (χ0) is 14.8. The molecule has 0 amide bonds. The Morgan fingerprint density at radius 3 is 2.30 bits per heavy atom. The highest BCUT2D eigenvalue weighted by atomic mass is 16.5. The van der Waals surface area contributed by atoms with Crippen LogP contribution in [-0.2, 0) is 5.41 Å². The molecule has 2 rings (SSSR count). The molecule has 112 valence electrons. The second-order valence-corrected chi connectivity index (χ2v) is 6.63. The van der Waals surface area contributed by atoms with E-state index in [1.165, 1.54) is 5.56 Å². The highest BCUT2D eigenvalue weighted by Gasteiger charge is 2.43. The Balaban J connectivity index is 1.97. The quantitative estimate of drug-likeness (QED) is 0.806. The van der Waals surface area contributed by atoms with Crippen molar-refractivity contribution in [2.45, 2.75) is 51.0 Å². The van der Waals surface area contributed by atoms with E-state index < -0.39 is 5.60 Å². The number of nitrogens with two attached hydrogens (primary N) is 1. The lowest BCUT2D eigenvalue weighted by Gasteiger charge is -2.27. The van der Waals surface area contributed by atoms with Gasteiger partial charge in [0.2, 0.25) is 0 Å². The largest absolute Gasteiger partial charge is 0.491 e. The fourth-order valence-corrected chi connectivity index (χ4v) is 2.38. The summed E-state index contributed by atoms with van der Waals surface area (Å²) >= 11 is 0. The van der Waals surface area contributed by atoms with Gasteiger partial charge in [-0.25, -0.2) is 0 Å². The summed E-state index contributed by atoms with van der Waals surface area (Å²) in [5.74, 6) is 1.11. The minimum Gasteiger partial charge on any atom is -0.491 e. The number of hydrogen-bond acceptors (Lipinski definition) is 3. The first-order chi connectivity index (χ1) is 9.41. The number of rotatable bonds is 7. The summed E-state index contributed by atoms with van der Waals surface area (Å²) in [6.45, 7) is 7.22. The van der Waals surface area contributed by atoms with Gasteiger partial charge in [0.15, 0.2) is 0 Å². The molecule has 3 nitrogen and oxygen atoms in total. The first kappa shape index (κ1) is 15.3. The van der Waals surface area contributed by atoms with Gasteiger partial charge in [0.05, 0.1) is 0 Å². The average Bonchev–Trinajstić information content (AvgIpc) is 3.30. The molecule has 1 atom stereocenters. The van der Waals surface area contributed by atoms with Crippen LogP contribution in [-0.4, -0.2) is 23.9 Å². The van der Waals surface area contributed by atoms with Gasteiger partial charge in [0.1, 0.15) is 18.0 Å². The van der Waals surface area contributed by atoms with Gasteiger partial charge in [0.25, 0.3) is 0 Å². The Kier molecular flexibility index (Phi) is 4.40. The predicted molar refractivity (Wildman–Crippen MR) is 82.0 cm³/mol. The van der Waals surface area contributed by atoms with E-state index in [0.29, 0.717) is 5.92 Å². The maximum atomic E-state index is 10.4. The summed E-state index contributed by atoms with van der Waals surface area (Å²) in [4.78, 5) is 0. The highest BCUT2D eigenvalue weighted by Crippen LogP contribution is 2.39. The Morgan fingerprint density at radius 1 is 1.25 bits per heavy atom. The third kappa shape index (κ3) is 3.33. The second kappa shape index (κ2) is 5.74. The van der Waals surface area contributed by atoms with Gasteiger partial charge in [0, 0.05) is 6.54 Å². The first-order valence-electron chi connectivity index (χ1n) is 7.57. The van der Waals surface area contributed by atoms with E-state index >= 15 is 0 Å². The summed E-state index contributed by atoms with van der Waals surface area (Å²) in [5.41, 5.74) is 6.32. The van der Waals surface area contributed by atoms with Gasteiger partial charge in [-0.2, -0.15) is 0 Å². The Morgan fingerprint density at radius 2 is 1.85 bits per heavy atom. The molecular weight excluding hydrogens is 250 g/mol. The second-order valence-electron chi connectivity index (χ2n) is 6.63. The molecule has 0 saturated heterocycles. The van der Waals surface area contributed by atoms with Crippen LogP contribution < -0.4 is 10.5 Å². The van der Waals surface area contributed by atoms with Gasteiger partial charge in [-0.05, 0) is 48.3 Å². The fourth-order valence-electron chi connectivity index (χ4n) is 2.38. The van der Waals surface area contributed by atoms with Crippen LogP contribution in [0.1, 0.15) is 45.6 Å². The SMILES string of the molecule is CCC(C)(C)c1ccc(OCC(O)(CN)C2CC2)cc1. The molecule has 0 heterocycles. The van der Waals surface area contributed by atoms with Gasteiger partial charge >= 0.3 is 0 Å². The third-order valence-corrected chi connectivity index (χ3v) is 4.70. The van der Waals surface area contributed by atoms with Gasteiger partial charge < -0.3 is 15.6 Å². The molecule has 1 aromatic carbocycles. The fraction of sp³-hybridized carbons (Fsp3) is 0.647. The van der Waals surface area contributed by atoms with E-state index in [1.54, 1.807) is 0 Å². The molecule has 1 aliphatic rings. The maximum Gasteiger partial charge on any atom is 0.119 e. The van der Waals surface area contributed by atoms with Crippen LogP contribution >= 0.6 is 0 Å². The molecular formula is C17H27NO2. The first-order valence-corrected chi connectivity index (χ1v) is 7.57. The van der Waals surface area contributed by atoms with Crippen LogP contribution in [0.5, 0.6) is 5.75 Å². The average molecular weight is 277 g/mol. The van der Waals surface area contributed by atoms with Crippen molar-refractivity contribution in [3.63, 3.8) is 0 Å². The number of aliphatic hydroxyl groups is 1. The molecule has 1 saturated carbocycles. The van der Waals surface area contributed by atoms with Crippen LogP contribution in [0.15, 0.2) is 24.3 Å². The predicted octanol–water partition coefficient (Wildman–Crippen LogP) is 2.85. The minimum absolute atomic E-state index is 0.185. The Labute approximate surface area is 122 Å². The summed E-state index contributed by atoms with van der Waals surface area (Å²) in [7, 11) is 0. The maximum absolute atomic E-state index is 10.4. The Bertz CT molecular complexity index is 437. The molecule has 0 aromatic heterocycles. The lowest BCUT2D eigenvalue weighted by molar-refractivity contribution is -0.0162. The van der Waals surface area contributed by atoms with Gasteiger partial charge in [-0.15, -0.1) is 0 Å². The van der Waals surface area contributed by atoms with Crippen LogP contribution in [0.4, 0.5) is 0 Å². The molecule has 1 aromatic rings. The molecule has 0 spiro atoms. The van der Waals surface area contributed by atoms with E-state index in [4.69, 9.17) is 10.5 Å². The minimum atomic E-state index is -0.860. The molecule has 3 N–H and O–H groups in total. The normalized spacial score (nSPS) is 18.6. The van der Waals surface area contributed by atoms with Crippen LogP contribution in [0.2, 0.25) is 0 Å². The van der Waals surface area contributed by atoms with E-state index in [2.05, 4.69) is 32.9 Å². The van der Waals surface area contributed by atoms with Gasteiger partial charge in [-0.3, -0.25) is 0 Å². The zero-order valence-corrected chi connectivity index (χ0v) is 12.9. The number of benzene rings is 1. The van der Waals surface area contributed by atoms with Crippen molar-refractivity contribution >= 4 is 0 Å². The van der Waals surface area contributed by atoms with Crippen molar-refractivity contribution in [1.82, 2.24) is 0 Å². The standard InChI is InChI=1S/C17H27NO2/c1-4-16(2,3)13-7-9-15(10-8-13)20-12-17(19,11-18)14-5-6-14/h7-10,14,19H,4-6,11-12,18H2,1-3H3. The van der Waals surface area contributed by atoms with Crippen molar-refractivity contribution in [3.05, 3.63) is 29.8 Å². The number of ether oxygens (including phenoxy) is 1. The van der Waals surface area contributed by atoms with Crippen LogP contribution in [0.25, 0.3) is 0 Å². The smallest absolute Gasteiger partial charge is 0.119 e. The molecule has 0 aliphatic heterocycles. The molecule has 1 fully saturated rings. The summed E-state index contributed by atoms with van der Waals surface area (Å²) < 4.78 is 5.73. The van der Waals surface area contributed by atoms with Crippen molar-refractivity contribution in [1.29, 1.82) is 0 Å². The summed E-state index contributed by atoms with van der Waals surface area (Å²) in [6, 6.07) is 8.18. The topological polar surface area (TPSA) is 55.5 Å². The zero-order valence-electron chi connectivity index (χ0n) is 12.9. The van der Waals surface area contributed by atoms with E-state index in [0.717, 1.165) is 25.0 Å². The van der Waals surface area contributed by atoms with Crippen molar-refractivity contribution in [2.24, 2.45) is 11.7 Å². The van der Waals surface area contributed by atoms with Crippen LogP contribution in [0.3, 0.4) is 0 Å². The third-order valence-electron chi connectivity index (χ3n) is 4.70. The molecule has 1 unspecified atom stereocenters. The molecule has 0 bridgehead atoms. The van der Waals surface area contributed by atoms with Crippen molar-refractivity contribution in [2.75, 3.05) is 13.2 Å².